The molecule has 0 amide bonds. The molecule has 8 heteroatoms. The van der Waals surface area contributed by atoms with Crippen LogP contribution in [-0.4, -0.2) is 8.42 Å². The highest BCUT2D eigenvalue weighted by molar-refractivity contribution is 8.13. The molecule has 0 radical (unpaired) electrons. The summed E-state index contributed by atoms with van der Waals surface area (Å²) in [6.45, 7) is -0.229. The van der Waals surface area contributed by atoms with Crippen LogP contribution in [-0.2, 0) is 15.7 Å². The van der Waals surface area contributed by atoms with Crippen molar-refractivity contribution < 1.29 is 21.9 Å². The van der Waals surface area contributed by atoms with Gasteiger partial charge in [-0.3, -0.25) is 0 Å². The summed E-state index contributed by atoms with van der Waals surface area (Å²) in [7, 11) is 1.08. The van der Waals surface area contributed by atoms with E-state index in [4.69, 9.17) is 27.0 Å². The molecule has 2 aromatic rings. The first-order valence-electron chi connectivity index (χ1n) is 5.58. The zero-order valence-corrected chi connectivity index (χ0v) is 12.6. The molecule has 3 nitrogen and oxygen atoms in total. The van der Waals surface area contributed by atoms with E-state index >= 15 is 0 Å². The van der Waals surface area contributed by atoms with Crippen LogP contribution in [0.1, 0.15) is 5.56 Å². The van der Waals surface area contributed by atoms with Crippen LogP contribution >= 0.6 is 22.3 Å². The Labute approximate surface area is 129 Å². The Morgan fingerprint density at radius 2 is 1.76 bits per heavy atom. The first kappa shape index (κ1) is 16.0. The monoisotopic (exact) mass is 352 g/mol. The summed E-state index contributed by atoms with van der Waals surface area (Å²) in [4.78, 5) is -0.383. The fraction of sp³-hybridized carbons (Fsp3) is 0.0769. The van der Waals surface area contributed by atoms with Crippen LogP contribution in [0.15, 0.2) is 41.3 Å². The second-order valence-electron chi connectivity index (χ2n) is 4.05. The number of halogens is 4. The lowest BCUT2D eigenvalue weighted by atomic mass is 10.2. The standard InChI is InChI=1S/C13H8Cl2F2O3S/c14-9-2-1-8(11(16)5-9)7-20-13-4-3-10(6-12(13)17)21(15,18)19/h1-6H,7H2. The highest BCUT2D eigenvalue weighted by Crippen LogP contribution is 2.24. The number of hydrogen-bond acceptors (Lipinski definition) is 3. The van der Waals surface area contributed by atoms with E-state index in [9.17, 15) is 17.2 Å². The molecule has 0 fully saturated rings. The van der Waals surface area contributed by atoms with Crippen molar-refractivity contribution in [1.82, 2.24) is 0 Å². The summed E-state index contributed by atoms with van der Waals surface area (Å²) in [5, 5.41) is 0.235. The van der Waals surface area contributed by atoms with Crippen molar-refractivity contribution in [2.45, 2.75) is 11.5 Å². The van der Waals surface area contributed by atoms with Gasteiger partial charge in [-0.25, -0.2) is 17.2 Å². The first-order chi connectivity index (χ1) is 9.77. The van der Waals surface area contributed by atoms with Gasteiger partial charge in [0, 0.05) is 21.3 Å². The number of benzene rings is 2. The average molecular weight is 353 g/mol. The summed E-state index contributed by atoms with van der Waals surface area (Å²) in [5.41, 5.74) is 0.188. The fourth-order valence-corrected chi connectivity index (χ4v) is 2.47. The molecular formula is C13H8Cl2F2O3S. The van der Waals surface area contributed by atoms with Gasteiger partial charge in [0.25, 0.3) is 9.05 Å². The number of ether oxygens (including phenoxy) is 1. The third-order valence-corrected chi connectivity index (χ3v) is 4.17. The Morgan fingerprint density at radius 3 is 2.33 bits per heavy atom. The summed E-state index contributed by atoms with van der Waals surface area (Å²) in [6.07, 6.45) is 0. The Morgan fingerprint density at radius 1 is 1.05 bits per heavy atom. The van der Waals surface area contributed by atoms with E-state index in [0.29, 0.717) is 0 Å². The molecule has 0 aliphatic rings. The molecule has 112 valence electrons. The summed E-state index contributed by atoms with van der Waals surface area (Å²) < 4.78 is 54.4. The van der Waals surface area contributed by atoms with Gasteiger partial charge in [0.05, 0.1) is 4.90 Å². The molecule has 0 N–H and O–H groups in total. The molecule has 2 aromatic carbocycles. The second-order valence-corrected chi connectivity index (χ2v) is 7.06. The molecular weight excluding hydrogens is 345 g/mol. The van der Waals surface area contributed by atoms with E-state index in [1.54, 1.807) is 0 Å². The molecule has 0 aromatic heterocycles. The molecule has 21 heavy (non-hydrogen) atoms. The molecule has 0 atom stereocenters. The van der Waals surface area contributed by atoms with Crippen molar-refractivity contribution in [1.29, 1.82) is 0 Å². The van der Waals surface area contributed by atoms with Gasteiger partial charge in [-0.1, -0.05) is 17.7 Å². The average Bonchev–Trinajstić information content (AvgIpc) is 2.38. The Hall–Kier alpha value is -1.37. The van der Waals surface area contributed by atoms with Crippen LogP contribution in [0.25, 0.3) is 0 Å². The summed E-state index contributed by atoms with van der Waals surface area (Å²) >= 11 is 5.61. The third kappa shape index (κ3) is 4.06. The molecule has 0 saturated heterocycles. The molecule has 0 aliphatic heterocycles. The van der Waals surface area contributed by atoms with Crippen LogP contribution in [0.2, 0.25) is 5.02 Å². The lowest BCUT2D eigenvalue weighted by molar-refractivity contribution is 0.284. The SMILES string of the molecule is O=S(=O)(Cl)c1ccc(OCc2ccc(Cl)cc2F)c(F)c1. The van der Waals surface area contributed by atoms with Gasteiger partial charge in [-0.15, -0.1) is 0 Å². The minimum Gasteiger partial charge on any atom is -0.486 e. The van der Waals surface area contributed by atoms with Gasteiger partial charge in [0.1, 0.15) is 12.4 Å². The van der Waals surface area contributed by atoms with Gasteiger partial charge in [-0.05, 0) is 30.3 Å². The third-order valence-electron chi connectivity index (χ3n) is 2.58. The van der Waals surface area contributed by atoms with Crippen LogP contribution in [0.5, 0.6) is 5.75 Å². The normalized spacial score (nSPS) is 11.4. The van der Waals surface area contributed by atoms with Gasteiger partial charge >= 0.3 is 0 Å². The van der Waals surface area contributed by atoms with Crippen molar-refractivity contribution in [3.63, 3.8) is 0 Å². The Kier molecular flexibility index (Phi) is 4.70. The maximum atomic E-state index is 13.7. The molecule has 0 bridgehead atoms. The first-order valence-corrected chi connectivity index (χ1v) is 8.27. The lowest BCUT2D eigenvalue weighted by Gasteiger charge is -2.09. The Balaban J connectivity index is 2.17. The molecule has 0 saturated carbocycles. The maximum Gasteiger partial charge on any atom is 0.261 e. The predicted octanol–water partition coefficient (Wildman–Crippen LogP) is 4.12. The molecule has 0 heterocycles. The fourth-order valence-electron chi connectivity index (χ4n) is 1.54. The van der Waals surface area contributed by atoms with E-state index in [-0.39, 0.29) is 27.8 Å². The van der Waals surface area contributed by atoms with E-state index in [2.05, 4.69) is 0 Å². The van der Waals surface area contributed by atoms with Crippen molar-refractivity contribution in [3.05, 3.63) is 58.6 Å². The van der Waals surface area contributed by atoms with Crippen molar-refractivity contribution in [3.8, 4) is 5.75 Å². The van der Waals surface area contributed by atoms with Crippen LogP contribution < -0.4 is 4.74 Å². The highest BCUT2D eigenvalue weighted by atomic mass is 35.7. The number of rotatable bonds is 4. The van der Waals surface area contributed by atoms with Gasteiger partial charge in [0.15, 0.2) is 11.6 Å². The van der Waals surface area contributed by atoms with Crippen molar-refractivity contribution >= 4 is 31.3 Å². The summed E-state index contributed by atoms with van der Waals surface area (Å²) in [5.74, 6) is -1.71. The Bertz CT molecular complexity index is 779. The minimum absolute atomic E-state index is 0.188. The molecule has 0 unspecified atom stereocenters. The van der Waals surface area contributed by atoms with Crippen LogP contribution in [0, 0.1) is 11.6 Å². The van der Waals surface area contributed by atoms with Gasteiger partial charge in [-0.2, -0.15) is 0 Å². The smallest absolute Gasteiger partial charge is 0.261 e. The number of hydrogen-bond donors (Lipinski definition) is 0. The zero-order valence-electron chi connectivity index (χ0n) is 10.3. The van der Waals surface area contributed by atoms with Crippen molar-refractivity contribution in [2.24, 2.45) is 0 Å². The largest absolute Gasteiger partial charge is 0.486 e. The summed E-state index contributed by atoms with van der Waals surface area (Å²) in [6, 6.07) is 6.93. The van der Waals surface area contributed by atoms with Gasteiger partial charge < -0.3 is 4.74 Å². The maximum absolute atomic E-state index is 13.7. The quantitative estimate of drug-likeness (QED) is 0.777. The zero-order chi connectivity index (χ0) is 15.6. The van der Waals surface area contributed by atoms with Crippen LogP contribution in [0.3, 0.4) is 0 Å². The van der Waals surface area contributed by atoms with Crippen LogP contribution in [0.4, 0.5) is 8.78 Å². The van der Waals surface area contributed by atoms with E-state index < -0.39 is 20.7 Å². The van der Waals surface area contributed by atoms with E-state index in [1.807, 2.05) is 0 Å². The molecule has 0 spiro atoms. The van der Waals surface area contributed by atoms with Crippen molar-refractivity contribution in [2.75, 3.05) is 0 Å². The highest BCUT2D eigenvalue weighted by Gasteiger charge is 2.14. The molecule has 0 aliphatic carbocycles. The van der Waals surface area contributed by atoms with E-state index in [1.165, 1.54) is 12.1 Å². The van der Waals surface area contributed by atoms with Gasteiger partial charge in [0.2, 0.25) is 0 Å². The second kappa shape index (κ2) is 6.17. The van der Waals surface area contributed by atoms with E-state index in [0.717, 1.165) is 24.3 Å². The minimum atomic E-state index is -4.02. The lowest BCUT2D eigenvalue weighted by Crippen LogP contribution is -2.01. The molecule has 2 rings (SSSR count). The predicted molar refractivity (Wildman–Crippen MR) is 75.2 cm³/mol. The topological polar surface area (TPSA) is 43.4 Å².